The number of hydrogen-bond donors (Lipinski definition) is 1. The lowest BCUT2D eigenvalue weighted by Gasteiger charge is -2.34. The minimum absolute atomic E-state index is 0.0762. The summed E-state index contributed by atoms with van der Waals surface area (Å²) in [6.07, 6.45) is 1.68. The van der Waals surface area contributed by atoms with Crippen molar-refractivity contribution < 1.29 is 4.79 Å². The first kappa shape index (κ1) is 18.4. The molecular formula is C21H28N4O. The predicted molar refractivity (Wildman–Crippen MR) is 105 cm³/mol. The molecule has 1 aromatic carbocycles. The standard InChI is InChI=1S/C21H28N4O/c1-17(2)14-22-20-9-8-19(15-23-20)21(26)25-12-10-24(11-13-25)16-18-6-4-3-5-7-18/h3-9,15,17H,10-14,16H2,1-2H3,(H,22,23). The Hall–Kier alpha value is -2.40. The topological polar surface area (TPSA) is 48.5 Å². The molecule has 2 aromatic rings. The van der Waals surface area contributed by atoms with Crippen molar-refractivity contribution in [2.75, 3.05) is 38.0 Å². The molecule has 1 aliphatic rings. The fourth-order valence-electron chi connectivity index (χ4n) is 3.07. The minimum atomic E-state index is 0.0762. The average Bonchev–Trinajstić information content (AvgIpc) is 2.68. The zero-order valence-electron chi connectivity index (χ0n) is 15.7. The van der Waals surface area contributed by atoms with E-state index in [0.29, 0.717) is 11.5 Å². The Labute approximate surface area is 156 Å². The van der Waals surface area contributed by atoms with E-state index in [9.17, 15) is 4.79 Å². The number of carbonyl (C=O) groups is 1. The third-order valence-corrected chi connectivity index (χ3v) is 4.61. The molecule has 1 saturated heterocycles. The summed E-state index contributed by atoms with van der Waals surface area (Å²) in [5, 5.41) is 3.28. The molecular weight excluding hydrogens is 324 g/mol. The largest absolute Gasteiger partial charge is 0.370 e. The first-order chi connectivity index (χ1) is 12.6. The monoisotopic (exact) mass is 352 g/mol. The zero-order valence-corrected chi connectivity index (χ0v) is 15.7. The molecule has 1 N–H and O–H groups in total. The molecule has 0 aliphatic carbocycles. The molecule has 0 radical (unpaired) electrons. The number of aromatic nitrogens is 1. The van der Waals surface area contributed by atoms with Gasteiger partial charge in [-0.3, -0.25) is 9.69 Å². The number of piperazine rings is 1. The Balaban J connectivity index is 1.50. The maximum Gasteiger partial charge on any atom is 0.255 e. The Morgan fingerprint density at radius 2 is 1.81 bits per heavy atom. The lowest BCUT2D eigenvalue weighted by Crippen LogP contribution is -2.48. The van der Waals surface area contributed by atoms with Crippen LogP contribution in [0, 0.1) is 5.92 Å². The second-order valence-corrected chi connectivity index (χ2v) is 7.26. The maximum atomic E-state index is 12.7. The van der Waals surface area contributed by atoms with Crippen LogP contribution < -0.4 is 5.32 Å². The van der Waals surface area contributed by atoms with Crippen LogP contribution in [0.1, 0.15) is 29.8 Å². The molecule has 138 valence electrons. The highest BCUT2D eigenvalue weighted by Gasteiger charge is 2.22. The molecule has 0 saturated carbocycles. The number of anilines is 1. The molecule has 3 rings (SSSR count). The quantitative estimate of drug-likeness (QED) is 0.868. The predicted octanol–water partition coefficient (Wildman–Crippen LogP) is 3.11. The molecule has 0 unspecified atom stereocenters. The van der Waals surface area contributed by atoms with Crippen molar-refractivity contribution in [3.05, 3.63) is 59.8 Å². The maximum absolute atomic E-state index is 12.7. The third-order valence-electron chi connectivity index (χ3n) is 4.61. The van der Waals surface area contributed by atoms with E-state index in [1.165, 1.54) is 5.56 Å². The normalized spacial score (nSPS) is 15.3. The van der Waals surface area contributed by atoms with Crippen LogP contribution >= 0.6 is 0 Å². The van der Waals surface area contributed by atoms with E-state index in [0.717, 1.165) is 45.1 Å². The van der Waals surface area contributed by atoms with Crippen molar-refractivity contribution in [3.63, 3.8) is 0 Å². The van der Waals surface area contributed by atoms with Gasteiger partial charge in [-0.1, -0.05) is 44.2 Å². The van der Waals surface area contributed by atoms with E-state index in [2.05, 4.69) is 53.3 Å². The molecule has 0 spiro atoms. The van der Waals surface area contributed by atoms with Gasteiger partial charge in [-0.05, 0) is 23.6 Å². The minimum Gasteiger partial charge on any atom is -0.370 e. The van der Waals surface area contributed by atoms with Gasteiger partial charge in [0.05, 0.1) is 5.56 Å². The summed E-state index contributed by atoms with van der Waals surface area (Å²) in [5.74, 6) is 1.46. The molecule has 26 heavy (non-hydrogen) atoms. The fourth-order valence-corrected chi connectivity index (χ4v) is 3.07. The summed E-state index contributed by atoms with van der Waals surface area (Å²) in [5.41, 5.74) is 1.98. The molecule has 2 heterocycles. The van der Waals surface area contributed by atoms with Crippen LogP contribution in [-0.2, 0) is 6.54 Å². The first-order valence-corrected chi connectivity index (χ1v) is 9.37. The van der Waals surface area contributed by atoms with Gasteiger partial charge in [-0.25, -0.2) is 4.98 Å². The van der Waals surface area contributed by atoms with Crippen molar-refractivity contribution in [2.45, 2.75) is 20.4 Å². The molecule has 1 aliphatic heterocycles. The van der Waals surface area contributed by atoms with E-state index in [1.54, 1.807) is 6.20 Å². The highest BCUT2D eigenvalue weighted by molar-refractivity contribution is 5.94. The van der Waals surface area contributed by atoms with Gasteiger partial charge < -0.3 is 10.2 Å². The van der Waals surface area contributed by atoms with Gasteiger partial charge >= 0.3 is 0 Å². The molecule has 5 nitrogen and oxygen atoms in total. The van der Waals surface area contributed by atoms with Crippen LogP contribution in [-0.4, -0.2) is 53.4 Å². The van der Waals surface area contributed by atoms with Crippen molar-refractivity contribution in [1.29, 1.82) is 0 Å². The highest BCUT2D eigenvalue weighted by Crippen LogP contribution is 2.13. The third kappa shape index (κ3) is 5.05. The van der Waals surface area contributed by atoms with Gasteiger partial charge in [0.15, 0.2) is 0 Å². The SMILES string of the molecule is CC(C)CNc1ccc(C(=O)N2CCN(Cc3ccccc3)CC2)cn1. The second-order valence-electron chi connectivity index (χ2n) is 7.26. The van der Waals surface area contributed by atoms with Crippen molar-refractivity contribution in [1.82, 2.24) is 14.8 Å². The van der Waals surface area contributed by atoms with Crippen LogP contribution in [0.25, 0.3) is 0 Å². The molecule has 1 aromatic heterocycles. The molecule has 1 amide bonds. The van der Waals surface area contributed by atoms with Crippen molar-refractivity contribution in [3.8, 4) is 0 Å². The second kappa shape index (κ2) is 8.81. The molecule has 1 fully saturated rings. The summed E-state index contributed by atoms with van der Waals surface area (Å²) >= 11 is 0. The summed E-state index contributed by atoms with van der Waals surface area (Å²) in [7, 11) is 0. The number of nitrogens with zero attached hydrogens (tertiary/aromatic N) is 3. The number of pyridine rings is 1. The number of nitrogens with one attached hydrogen (secondary N) is 1. The smallest absolute Gasteiger partial charge is 0.255 e. The number of rotatable bonds is 6. The van der Waals surface area contributed by atoms with Crippen molar-refractivity contribution >= 4 is 11.7 Å². The lowest BCUT2D eigenvalue weighted by molar-refractivity contribution is 0.0628. The Kier molecular flexibility index (Phi) is 6.23. The van der Waals surface area contributed by atoms with E-state index in [4.69, 9.17) is 0 Å². The van der Waals surface area contributed by atoms with Gasteiger partial charge in [-0.2, -0.15) is 0 Å². The summed E-state index contributed by atoms with van der Waals surface area (Å²) in [4.78, 5) is 21.4. The molecule has 5 heteroatoms. The van der Waals surface area contributed by atoms with E-state index in [-0.39, 0.29) is 5.91 Å². The van der Waals surface area contributed by atoms with E-state index in [1.807, 2.05) is 23.1 Å². The Morgan fingerprint density at radius 3 is 2.42 bits per heavy atom. The Bertz CT molecular complexity index is 692. The van der Waals surface area contributed by atoms with E-state index >= 15 is 0 Å². The van der Waals surface area contributed by atoms with Gasteiger partial charge in [0.2, 0.25) is 0 Å². The number of amides is 1. The number of benzene rings is 1. The van der Waals surface area contributed by atoms with Crippen molar-refractivity contribution in [2.24, 2.45) is 5.92 Å². The summed E-state index contributed by atoms with van der Waals surface area (Å²) in [6.45, 7) is 9.47. The van der Waals surface area contributed by atoms with Gasteiger partial charge in [0.25, 0.3) is 5.91 Å². The number of carbonyl (C=O) groups excluding carboxylic acids is 1. The van der Waals surface area contributed by atoms with Crippen LogP contribution in [0.15, 0.2) is 48.7 Å². The summed E-state index contributed by atoms with van der Waals surface area (Å²) < 4.78 is 0. The average molecular weight is 352 g/mol. The first-order valence-electron chi connectivity index (χ1n) is 9.37. The summed E-state index contributed by atoms with van der Waals surface area (Å²) in [6, 6.07) is 14.2. The molecule has 0 atom stereocenters. The molecule has 0 bridgehead atoms. The fraction of sp³-hybridized carbons (Fsp3) is 0.429. The highest BCUT2D eigenvalue weighted by atomic mass is 16.2. The van der Waals surface area contributed by atoms with Gasteiger partial charge in [-0.15, -0.1) is 0 Å². The van der Waals surface area contributed by atoms with E-state index < -0.39 is 0 Å². The van der Waals surface area contributed by atoms with Crippen LogP contribution in [0.2, 0.25) is 0 Å². The van der Waals surface area contributed by atoms with Crippen LogP contribution in [0.3, 0.4) is 0 Å². The van der Waals surface area contributed by atoms with Crippen LogP contribution in [0.5, 0.6) is 0 Å². The lowest BCUT2D eigenvalue weighted by atomic mass is 10.2. The van der Waals surface area contributed by atoms with Gasteiger partial charge in [0.1, 0.15) is 5.82 Å². The van der Waals surface area contributed by atoms with Crippen LogP contribution in [0.4, 0.5) is 5.82 Å². The number of hydrogen-bond acceptors (Lipinski definition) is 4. The zero-order chi connectivity index (χ0) is 18.4. The Morgan fingerprint density at radius 1 is 1.08 bits per heavy atom. The van der Waals surface area contributed by atoms with Gasteiger partial charge in [0, 0.05) is 45.5 Å².